The maximum Gasteiger partial charge on any atom is 0.511 e. The van der Waals surface area contributed by atoms with Gasteiger partial charge in [-0.3, -0.25) is 9.59 Å². The van der Waals surface area contributed by atoms with Gasteiger partial charge in [-0.1, -0.05) is 24.3 Å². The summed E-state index contributed by atoms with van der Waals surface area (Å²) in [5, 5.41) is 14.4. The summed E-state index contributed by atoms with van der Waals surface area (Å²) < 4.78 is 92.7. The normalized spacial score (nSPS) is 25.5. The number of aromatic carboxylic acids is 1. The standard InChI is InChI=1S/C28H26F5N3O6S/c29-21-12-22(30)20(11-19(21)14-3-5-15(6-4-14)27(39)40)25(37)35-24-17-8-7-16(10-17)23(24)26(38)34-18-2-1-9-36(13-18)43(41,42)28(31,32)33/h3-8,11-12,16-18,23-24H,1-2,9-10,13H2,(H,34,38)(H,35,37)(H,39,40)/t16-,17+,18+,23+,24-/m1/s1. The van der Waals surface area contributed by atoms with E-state index in [0.29, 0.717) is 16.8 Å². The number of fused-ring (bicyclic) bond motifs is 2. The van der Waals surface area contributed by atoms with Gasteiger partial charge in [-0.2, -0.15) is 17.5 Å². The summed E-state index contributed by atoms with van der Waals surface area (Å²) in [7, 11) is -5.56. The van der Waals surface area contributed by atoms with Crippen LogP contribution in [0.15, 0.2) is 48.6 Å². The van der Waals surface area contributed by atoms with Crippen molar-refractivity contribution in [3.05, 3.63) is 71.3 Å². The number of carboxylic acid groups (broad SMARTS) is 1. The van der Waals surface area contributed by atoms with Gasteiger partial charge >= 0.3 is 21.5 Å². The largest absolute Gasteiger partial charge is 0.511 e. The van der Waals surface area contributed by atoms with E-state index in [2.05, 4.69) is 10.6 Å². The summed E-state index contributed by atoms with van der Waals surface area (Å²) in [5.74, 6) is -6.33. The Hall–Kier alpha value is -3.85. The molecule has 2 bridgehead atoms. The number of carbonyl (C=O) groups is 3. The zero-order valence-electron chi connectivity index (χ0n) is 22.3. The summed E-state index contributed by atoms with van der Waals surface area (Å²) in [6.45, 7) is -0.892. The molecule has 2 aromatic rings. The van der Waals surface area contributed by atoms with Crippen molar-refractivity contribution in [2.75, 3.05) is 13.1 Å². The van der Waals surface area contributed by atoms with Crippen molar-refractivity contribution >= 4 is 27.8 Å². The Kier molecular flexibility index (Phi) is 8.07. The van der Waals surface area contributed by atoms with E-state index in [-0.39, 0.29) is 47.9 Å². The lowest BCUT2D eigenvalue weighted by molar-refractivity contribution is -0.127. The number of carboxylic acids is 1. The molecule has 15 heteroatoms. The molecule has 0 radical (unpaired) electrons. The molecular weight excluding hydrogens is 601 g/mol. The topological polar surface area (TPSA) is 133 Å². The van der Waals surface area contributed by atoms with E-state index in [4.69, 9.17) is 5.11 Å². The number of hydrogen-bond acceptors (Lipinski definition) is 5. The molecule has 3 N–H and O–H groups in total. The highest BCUT2D eigenvalue weighted by molar-refractivity contribution is 7.90. The van der Waals surface area contributed by atoms with Crippen LogP contribution in [-0.4, -0.2) is 66.3 Å². The fourth-order valence-corrected chi connectivity index (χ4v) is 7.10. The first-order chi connectivity index (χ1) is 20.2. The number of hydrogen-bond donors (Lipinski definition) is 3. The molecule has 5 atom stereocenters. The van der Waals surface area contributed by atoms with Gasteiger partial charge in [0.2, 0.25) is 5.91 Å². The first kappa shape index (κ1) is 30.6. The molecule has 1 saturated carbocycles. The highest BCUT2D eigenvalue weighted by Gasteiger charge is 2.52. The van der Waals surface area contributed by atoms with Crippen molar-refractivity contribution < 1.29 is 49.9 Å². The van der Waals surface area contributed by atoms with E-state index in [1.54, 1.807) is 12.2 Å². The molecule has 43 heavy (non-hydrogen) atoms. The minimum Gasteiger partial charge on any atom is -0.478 e. The zero-order chi connectivity index (χ0) is 31.3. The molecule has 3 aliphatic rings. The van der Waals surface area contributed by atoms with Crippen LogP contribution in [0.3, 0.4) is 0 Å². The van der Waals surface area contributed by atoms with Crippen LogP contribution in [0, 0.1) is 29.4 Å². The molecule has 230 valence electrons. The summed E-state index contributed by atoms with van der Waals surface area (Å²) in [6.07, 6.45) is 4.42. The number of alkyl halides is 3. The molecule has 0 unspecified atom stereocenters. The highest BCUT2D eigenvalue weighted by Crippen LogP contribution is 2.44. The molecule has 2 fully saturated rings. The average Bonchev–Trinajstić information content (AvgIpc) is 3.55. The second-order valence-corrected chi connectivity index (χ2v) is 12.8. The third-order valence-electron chi connectivity index (χ3n) is 8.17. The smallest absolute Gasteiger partial charge is 0.478 e. The molecule has 5 rings (SSSR count). The summed E-state index contributed by atoms with van der Waals surface area (Å²) >= 11 is 0. The van der Waals surface area contributed by atoms with Crippen molar-refractivity contribution in [1.29, 1.82) is 0 Å². The third-order valence-corrected chi connectivity index (χ3v) is 9.76. The fourth-order valence-electron chi connectivity index (χ4n) is 6.06. The maximum absolute atomic E-state index is 14.8. The van der Waals surface area contributed by atoms with Crippen molar-refractivity contribution in [2.45, 2.75) is 36.9 Å². The van der Waals surface area contributed by atoms with Crippen LogP contribution in [0.25, 0.3) is 11.1 Å². The van der Waals surface area contributed by atoms with Crippen LogP contribution in [-0.2, 0) is 14.8 Å². The van der Waals surface area contributed by atoms with Crippen LogP contribution in [0.1, 0.15) is 40.0 Å². The van der Waals surface area contributed by atoms with Crippen LogP contribution >= 0.6 is 0 Å². The van der Waals surface area contributed by atoms with E-state index >= 15 is 0 Å². The monoisotopic (exact) mass is 627 g/mol. The molecule has 0 spiro atoms. The number of carbonyl (C=O) groups excluding carboxylic acids is 2. The predicted octanol–water partition coefficient (Wildman–Crippen LogP) is 3.68. The van der Waals surface area contributed by atoms with Gasteiger partial charge in [0.15, 0.2) is 0 Å². The molecule has 1 saturated heterocycles. The maximum atomic E-state index is 14.8. The number of amides is 2. The van der Waals surface area contributed by atoms with E-state index in [1.165, 1.54) is 24.3 Å². The molecule has 0 aromatic heterocycles. The Bertz CT molecular complexity index is 1590. The fraction of sp³-hybridized carbons (Fsp3) is 0.393. The minimum absolute atomic E-state index is 0.0548. The number of rotatable bonds is 7. The van der Waals surface area contributed by atoms with Gasteiger partial charge in [0.25, 0.3) is 5.91 Å². The van der Waals surface area contributed by atoms with Crippen molar-refractivity contribution in [1.82, 2.24) is 14.9 Å². The van der Waals surface area contributed by atoms with E-state index in [9.17, 15) is 44.8 Å². The Morgan fingerprint density at radius 1 is 0.953 bits per heavy atom. The van der Waals surface area contributed by atoms with E-state index in [1.807, 2.05) is 0 Å². The average molecular weight is 628 g/mol. The van der Waals surface area contributed by atoms with Gasteiger partial charge in [0.05, 0.1) is 17.0 Å². The lowest BCUT2D eigenvalue weighted by atomic mass is 9.87. The number of nitrogens with zero attached hydrogens (tertiary/aromatic N) is 1. The van der Waals surface area contributed by atoms with Gasteiger partial charge in [0, 0.05) is 36.8 Å². The van der Waals surface area contributed by atoms with Gasteiger partial charge in [-0.25, -0.2) is 22.0 Å². The van der Waals surface area contributed by atoms with E-state index in [0.717, 1.165) is 6.07 Å². The van der Waals surface area contributed by atoms with Crippen LogP contribution in [0.5, 0.6) is 0 Å². The second-order valence-electron chi connectivity index (χ2n) is 10.8. The second kappa shape index (κ2) is 11.3. The molecule has 2 amide bonds. The molecular formula is C28H26F5N3O6S. The number of allylic oxidation sites excluding steroid dienone is 1. The number of nitrogens with one attached hydrogen (secondary N) is 2. The quantitative estimate of drug-likeness (QED) is 0.317. The number of sulfonamides is 1. The molecule has 1 aliphatic heterocycles. The Morgan fingerprint density at radius 2 is 1.63 bits per heavy atom. The summed E-state index contributed by atoms with van der Waals surface area (Å²) in [6, 6.07) is 4.91. The number of piperidine rings is 1. The lowest BCUT2D eigenvalue weighted by Crippen LogP contribution is -2.55. The Labute approximate surface area is 242 Å². The molecule has 2 aromatic carbocycles. The van der Waals surface area contributed by atoms with Crippen LogP contribution < -0.4 is 10.6 Å². The zero-order valence-corrected chi connectivity index (χ0v) is 23.1. The van der Waals surface area contributed by atoms with Gasteiger partial charge in [-0.05, 0) is 54.9 Å². The molecule has 2 aliphatic carbocycles. The molecule has 1 heterocycles. The minimum atomic E-state index is -5.56. The lowest BCUT2D eigenvalue weighted by Gasteiger charge is -2.34. The number of benzene rings is 2. The Morgan fingerprint density at radius 3 is 2.28 bits per heavy atom. The SMILES string of the molecule is O=C(O)c1ccc(-c2cc(C(=O)N[C@H]3[C@@H](C(=O)N[C@H]4CCCN(S(=O)(=O)C(F)(F)F)C4)[C@@H]4C=C[C@H]3C4)c(F)cc2F)cc1. The van der Waals surface area contributed by atoms with Gasteiger partial charge < -0.3 is 15.7 Å². The first-order valence-corrected chi connectivity index (χ1v) is 14.8. The van der Waals surface area contributed by atoms with Crippen LogP contribution in [0.4, 0.5) is 22.0 Å². The summed E-state index contributed by atoms with van der Waals surface area (Å²) in [5.41, 5.74) is -5.99. The number of halogens is 5. The van der Waals surface area contributed by atoms with E-state index < -0.39 is 75.1 Å². The van der Waals surface area contributed by atoms with Gasteiger partial charge in [0.1, 0.15) is 11.6 Å². The highest BCUT2D eigenvalue weighted by atomic mass is 32.2. The first-order valence-electron chi connectivity index (χ1n) is 13.4. The third kappa shape index (κ3) is 5.87. The predicted molar refractivity (Wildman–Crippen MR) is 142 cm³/mol. The molecule has 9 nitrogen and oxygen atoms in total. The van der Waals surface area contributed by atoms with Crippen molar-refractivity contribution in [2.24, 2.45) is 17.8 Å². The summed E-state index contributed by atoms with van der Waals surface area (Å²) in [4.78, 5) is 37.7. The Balaban J connectivity index is 1.32. The van der Waals surface area contributed by atoms with Crippen molar-refractivity contribution in [3.8, 4) is 11.1 Å². The van der Waals surface area contributed by atoms with Crippen LogP contribution in [0.2, 0.25) is 0 Å². The van der Waals surface area contributed by atoms with Gasteiger partial charge in [-0.15, -0.1) is 0 Å². The van der Waals surface area contributed by atoms with Crippen molar-refractivity contribution in [3.63, 3.8) is 0 Å².